The highest BCUT2D eigenvalue weighted by Gasteiger charge is 2.60. The van der Waals surface area contributed by atoms with E-state index >= 15 is 0 Å². The molecule has 2 unspecified atom stereocenters. The van der Waals surface area contributed by atoms with Crippen molar-refractivity contribution < 1.29 is 14.3 Å². The number of esters is 1. The van der Waals surface area contributed by atoms with Gasteiger partial charge in [0.1, 0.15) is 5.60 Å². The molecule has 0 amide bonds. The second-order valence-electron chi connectivity index (χ2n) is 10.8. The predicted molar refractivity (Wildman–Crippen MR) is 95.7 cm³/mol. The number of carbonyl (C=O) groups is 1. The maximum Gasteiger partial charge on any atom is 0.312 e. The van der Waals surface area contributed by atoms with Crippen LogP contribution in [0.15, 0.2) is 0 Å². The highest BCUT2D eigenvalue weighted by atomic mass is 16.6. The third kappa shape index (κ3) is 3.52. The van der Waals surface area contributed by atoms with E-state index in [0.29, 0.717) is 11.8 Å². The maximum atomic E-state index is 12.7. The largest absolute Gasteiger partial charge is 0.459 e. The fourth-order valence-corrected chi connectivity index (χ4v) is 5.23. The van der Waals surface area contributed by atoms with Gasteiger partial charge in [-0.2, -0.15) is 0 Å². The summed E-state index contributed by atoms with van der Waals surface area (Å²) < 4.78 is 12.8. The average molecular weight is 337 g/mol. The van der Waals surface area contributed by atoms with E-state index in [1.54, 1.807) is 0 Å². The second kappa shape index (κ2) is 5.72. The molecule has 4 aliphatic rings. The monoisotopic (exact) mass is 336 g/mol. The van der Waals surface area contributed by atoms with Gasteiger partial charge in [-0.25, -0.2) is 0 Å². The summed E-state index contributed by atoms with van der Waals surface area (Å²) in [6, 6.07) is 0. The quantitative estimate of drug-likeness (QED) is 0.654. The van der Waals surface area contributed by atoms with E-state index in [4.69, 9.17) is 9.47 Å². The Morgan fingerprint density at radius 3 is 2.04 bits per heavy atom. The summed E-state index contributed by atoms with van der Waals surface area (Å²) in [6.45, 7) is 13.5. The van der Waals surface area contributed by atoms with Gasteiger partial charge >= 0.3 is 5.97 Å². The molecule has 4 saturated carbocycles. The Morgan fingerprint density at radius 1 is 1.00 bits per heavy atom. The zero-order valence-electron chi connectivity index (χ0n) is 16.5. The first-order valence-electron chi connectivity index (χ1n) is 9.84. The van der Waals surface area contributed by atoms with Crippen LogP contribution >= 0.6 is 0 Å². The van der Waals surface area contributed by atoms with Gasteiger partial charge in [-0.05, 0) is 69.6 Å². The lowest BCUT2D eigenvalue weighted by Gasteiger charge is -2.61. The zero-order valence-corrected chi connectivity index (χ0v) is 16.5. The van der Waals surface area contributed by atoms with Gasteiger partial charge in [-0.15, -0.1) is 0 Å². The van der Waals surface area contributed by atoms with E-state index < -0.39 is 0 Å². The SMILES string of the molecule is CCC(C)(C)C(=O)OC12CC3CC(CC(OCC(C)(C)C)(C3)C1)C2. The van der Waals surface area contributed by atoms with Crippen molar-refractivity contribution >= 4 is 5.97 Å². The van der Waals surface area contributed by atoms with Gasteiger partial charge in [0.15, 0.2) is 0 Å². The topological polar surface area (TPSA) is 35.5 Å². The molecule has 0 aromatic heterocycles. The third-order valence-electron chi connectivity index (χ3n) is 6.51. The molecule has 4 fully saturated rings. The molecule has 4 aliphatic carbocycles. The number of hydrogen-bond donors (Lipinski definition) is 0. The van der Waals surface area contributed by atoms with Crippen molar-refractivity contribution in [3.63, 3.8) is 0 Å². The van der Waals surface area contributed by atoms with Crippen LogP contribution in [0.3, 0.4) is 0 Å². The molecular formula is C21H36O3. The van der Waals surface area contributed by atoms with Crippen molar-refractivity contribution in [2.45, 2.75) is 97.7 Å². The van der Waals surface area contributed by atoms with E-state index in [1.165, 1.54) is 6.42 Å². The van der Waals surface area contributed by atoms with E-state index in [0.717, 1.165) is 45.1 Å². The first-order valence-corrected chi connectivity index (χ1v) is 9.84. The molecule has 0 spiro atoms. The normalized spacial score (nSPS) is 38.4. The summed E-state index contributed by atoms with van der Waals surface area (Å²) in [6.07, 6.45) is 7.46. The van der Waals surface area contributed by atoms with Crippen LogP contribution in [0.5, 0.6) is 0 Å². The molecule has 138 valence electrons. The van der Waals surface area contributed by atoms with Crippen LogP contribution in [0.25, 0.3) is 0 Å². The van der Waals surface area contributed by atoms with Crippen molar-refractivity contribution in [1.29, 1.82) is 0 Å². The summed E-state index contributed by atoms with van der Waals surface area (Å²) in [7, 11) is 0. The summed E-state index contributed by atoms with van der Waals surface area (Å²) in [5, 5.41) is 0. The van der Waals surface area contributed by atoms with Gasteiger partial charge in [0.25, 0.3) is 0 Å². The van der Waals surface area contributed by atoms with Crippen molar-refractivity contribution in [3.05, 3.63) is 0 Å². The van der Waals surface area contributed by atoms with Crippen LogP contribution in [0.4, 0.5) is 0 Å². The van der Waals surface area contributed by atoms with Crippen LogP contribution in [-0.2, 0) is 14.3 Å². The minimum absolute atomic E-state index is 0.0158. The Labute approximate surface area is 147 Å². The predicted octanol–water partition coefficient (Wildman–Crippen LogP) is 5.12. The van der Waals surface area contributed by atoms with Gasteiger partial charge in [-0.3, -0.25) is 4.79 Å². The minimum atomic E-state index is -0.386. The summed E-state index contributed by atoms with van der Waals surface area (Å²) in [4.78, 5) is 12.7. The Morgan fingerprint density at radius 2 is 1.54 bits per heavy atom. The molecule has 0 aromatic carbocycles. The molecule has 0 radical (unpaired) electrons. The molecular weight excluding hydrogens is 300 g/mol. The Bertz CT molecular complexity index is 486. The first-order chi connectivity index (χ1) is 11.0. The minimum Gasteiger partial charge on any atom is -0.459 e. The van der Waals surface area contributed by atoms with Crippen molar-refractivity contribution in [2.75, 3.05) is 6.61 Å². The number of carbonyl (C=O) groups excluding carboxylic acids is 1. The molecule has 4 bridgehead atoms. The number of ether oxygens (including phenoxy) is 2. The fraction of sp³-hybridized carbons (Fsp3) is 0.952. The Hall–Kier alpha value is -0.570. The smallest absolute Gasteiger partial charge is 0.312 e. The van der Waals surface area contributed by atoms with Crippen LogP contribution in [0.2, 0.25) is 0 Å². The molecule has 2 atom stereocenters. The summed E-state index contributed by atoms with van der Waals surface area (Å²) in [5.41, 5.74) is -0.514. The standard InChI is InChI=1S/C21H36O3/c1-7-19(5,6)17(22)24-21-11-15-8-16(12-21)10-20(9-15,13-21)23-14-18(2,3)4/h15-16H,7-14H2,1-6H3. The highest BCUT2D eigenvalue weighted by molar-refractivity contribution is 5.76. The van der Waals surface area contributed by atoms with E-state index in [1.807, 2.05) is 13.8 Å². The van der Waals surface area contributed by atoms with E-state index in [2.05, 4.69) is 27.7 Å². The van der Waals surface area contributed by atoms with E-state index in [-0.39, 0.29) is 28.0 Å². The van der Waals surface area contributed by atoms with E-state index in [9.17, 15) is 4.79 Å². The summed E-state index contributed by atoms with van der Waals surface area (Å²) in [5.74, 6) is 1.32. The van der Waals surface area contributed by atoms with Crippen molar-refractivity contribution in [1.82, 2.24) is 0 Å². The molecule has 0 aromatic rings. The molecule has 24 heavy (non-hydrogen) atoms. The number of rotatable bonds is 5. The molecule has 3 heteroatoms. The van der Waals surface area contributed by atoms with Crippen molar-refractivity contribution in [3.8, 4) is 0 Å². The molecule has 0 aliphatic heterocycles. The average Bonchev–Trinajstić information content (AvgIpc) is 2.42. The third-order valence-corrected chi connectivity index (χ3v) is 6.51. The van der Waals surface area contributed by atoms with Crippen LogP contribution in [0, 0.1) is 22.7 Å². The Balaban J connectivity index is 1.77. The van der Waals surface area contributed by atoms with Gasteiger partial charge in [-0.1, -0.05) is 27.7 Å². The summed E-state index contributed by atoms with van der Waals surface area (Å²) >= 11 is 0. The second-order valence-corrected chi connectivity index (χ2v) is 10.8. The first kappa shape index (κ1) is 18.2. The maximum absolute atomic E-state index is 12.7. The highest BCUT2D eigenvalue weighted by Crippen LogP contribution is 2.60. The van der Waals surface area contributed by atoms with Crippen molar-refractivity contribution in [2.24, 2.45) is 22.7 Å². The lowest BCUT2D eigenvalue weighted by molar-refractivity contribution is -0.242. The van der Waals surface area contributed by atoms with Crippen LogP contribution in [0.1, 0.15) is 86.5 Å². The van der Waals surface area contributed by atoms with Gasteiger partial charge in [0, 0.05) is 6.42 Å². The van der Waals surface area contributed by atoms with Gasteiger partial charge in [0.2, 0.25) is 0 Å². The molecule has 0 N–H and O–H groups in total. The lowest BCUT2D eigenvalue weighted by atomic mass is 9.52. The molecule has 0 saturated heterocycles. The Kier molecular flexibility index (Phi) is 4.35. The van der Waals surface area contributed by atoms with Crippen LogP contribution in [-0.4, -0.2) is 23.8 Å². The molecule has 4 rings (SSSR count). The van der Waals surface area contributed by atoms with Gasteiger partial charge in [0.05, 0.1) is 17.6 Å². The van der Waals surface area contributed by atoms with Gasteiger partial charge < -0.3 is 9.47 Å². The van der Waals surface area contributed by atoms with Crippen LogP contribution < -0.4 is 0 Å². The molecule has 3 nitrogen and oxygen atoms in total. The zero-order chi connectivity index (χ0) is 17.8. The lowest BCUT2D eigenvalue weighted by Crippen LogP contribution is -2.62. The number of hydrogen-bond acceptors (Lipinski definition) is 3. The molecule has 0 heterocycles. The fourth-order valence-electron chi connectivity index (χ4n) is 5.23.